The van der Waals surface area contributed by atoms with Crippen molar-refractivity contribution in [2.24, 2.45) is 5.73 Å². The number of H-pyrrole nitrogens is 1. The van der Waals surface area contributed by atoms with Crippen molar-refractivity contribution in [3.05, 3.63) is 30.0 Å². The van der Waals surface area contributed by atoms with Gasteiger partial charge in [-0.15, -0.1) is 0 Å². The van der Waals surface area contributed by atoms with Crippen LogP contribution in [0.25, 0.3) is 10.9 Å². The zero-order valence-electron chi connectivity index (χ0n) is 23.4. The van der Waals surface area contributed by atoms with Crippen LogP contribution >= 0.6 is 0 Å². The molecule has 2 atom stereocenters. The molecule has 1 aliphatic heterocycles. The van der Waals surface area contributed by atoms with E-state index in [1.807, 2.05) is 24.4 Å². The van der Waals surface area contributed by atoms with E-state index in [2.05, 4.69) is 44.2 Å². The Balaban J connectivity index is 1.92. The summed E-state index contributed by atoms with van der Waals surface area (Å²) < 4.78 is 11.9. The number of aromatic nitrogens is 1. The fourth-order valence-corrected chi connectivity index (χ4v) is 5.26. The minimum Gasteiger partial charge on any atom is -0.543 e. The summed E-state index contributed by atoms with van der Waals surface area (Å²) in [6, 6.07) is 4.29. The van der Waals surface area contributed by atoms with Crippen LogP contribution in [-0.2, 0) is 20.7 Å². The maximum atomic E-state index is 13.6. The highest BCUT2D eigenvalue weighted by Crippen LogP contribution is 2.38. The lowest BCUT2D eigenvalue weighted by Gasteiger charge is -2.36. The molecule has 2 heterocycles. The Morgan fingerprint density at radius 2 is 1.86 bits per heavy atom. The number of hydrogen-bond acceptors (Lipinski definition) is 5. The molecule has 37 heavy (non-hydrogen) atoms. The molecule has 0 bridgehead atoms. The van der Waals surface area contributed by atoms with E-state index in [4.69, 9.17) is 14.9 Å². The number of rotatable bonds is 7. The van der Waals surface area contributed by atoms with Crippen LogP contribution in [-0.4, -0.2) is 60.3 Å². The van der Waals surface area contributed by atoms with Gasteiger partial charge in [-0.2, -0.15) is 0 Å². The second-order valence-corrected chi connectivity index (χ2v) is 17.1. The summed E-state index contributed by atoms with van der Waals surface area (Å²) in [5, 5.41) is 3.70. The molecule has 9 nitrogen and oxygen atoms in total. The largest absolute Gasteiger partial charge is 0.543 e. The van der Waals surface area contributed by atoms with Crippen molar-refractivity contribution in [1.29, 1.82) is 0 Å². The standard InChI is InChI=1S/C27H42N4O5Si/c1-26(2,3)35-25(34)30-21(24(33)31-13-9-10-22(31)23(28)32)14-17-16-29-20-12-11-18(15-19(17)20)36-37(7,8)27(4,5)6/h11-12,15-16,21-22,29H,9-10,13-14H2,1-8H3,(H2,28,32)(H,30,34)/t21-,22-/m0/s1. The number of primary amides is 1. The molecule has 1 saturated heterocycles. The van der Waals surface area contributed by atoms with Gasteiger partial charge in [0.1, 0.15) is 23.4 Å². The summed E-state index contributed by atoms with van der Waals surface area (Å²) in [5.41, 5.74) is 6.58. The number of amides is 3. The third-order valence-corrected chi connectivity index (χ3v) is 11.6. The lowest BCUT2D eigenvalue weighted by atomic mass is 10.0. The molecule has 1 aliphatic rings. The molecule has 0 aliphatic carbocycles. The third-order valence-electron chi connectivity index (χ3n) is 7.20. The SMILES string of the molecule is CC(C)(C)OC(=O)N[C@@H](Cc1c[nH]c2ccc(O[Si](C)(C)C(C)(C)C)cc12)C(=O)N1CCC[C@H]1C(N)=O. The molecular weight excluding hydrogens is 488 g/mol. The van der Waals surface area contributed by atoms with Crippen LogP contribution in [0.1, 0.15) is 59.9 Å². The number of nitrogens with zero attached hydrogens (tertiary/aromatic N) is 1. The van der Waals surface area contributed by atoms with Gasteiger partial charge in [0.25, 0.3) is 0 Å². The predicted octanol–water partition coefficient (Wildman–Crippen LogP) is 4.46. The first kappa shape index (κ1) is 28.6. The monoisotopic (exact) mass is 530 g/mol. The second kappa shape index (κ2) is 10.4. The van der Waals surface area contributed by atoms with Crippen LogP contribution in [0, 0.1) is 0 Å². The Bertz CT molecular complexity index is 1160. The van der Waals surface area contributed by atoms with Gasteiger partial charge in [-0.3, -0.25) is 9.59 Å². The van der Waals surface area contributed by atoms with Crippen LogP contribution in [0.2, 0.25) is 18.1 Å². The summed E-state index contributed by atoms with van der Waals surface area (Å²) in [5.74, 6) is -0.118. The number of hydrogen-bond donors (Lipinski definition) is 3. The molecule has 2 aromatic rings. The van der Waals surface area contributed by atoms with E-state index in [0.29, 0.717) is 19.4 Å². The Morgan fingerprint density at radius 3 is 2.46 bits per heavy atom. The van der Waals surface area contributed by atoms with Crippen LogP contribution in [0.5, 0.6) is 5.75 Å². The summed E-state index contributed by atoms with van der Waals surface area (Å²) in [6.07, 6.45) is 2.56. The normalized spacial score (nSPS) is 17.5. The third kappa shape index (κ3) is 6.85. The molecule has 4 N–H and O–H groups in total. The molecule has 1 fully saturated rings. The van der Waals surface area contributed by atoms with Gasteiger partial charge in [-0.05, 0) is 75.5 Å². The Hall–Kier alpha value is -3.01. The maximum Gasteiger partial charge on any atom is 0.408 e. The molecule has 1 aromatic heterocycles. The average molecular weight is 531 g/mol. The van der Waals surface area contributed by atoms with Crippen LogP contribution in [0.3, 0.4) is 0 Å². The number of carbonyl (C=O) groups is 3. The molecular formula is C27H42N4O5Si. The molecule has 1 aromatic carbocycles. The first-order chi connectivity index (χ1) is 17.0. The van der Waals surface area contributed by atoms with Gasteiger partial charge in [-0.1, -0.05) is 20.8 Å². The number of ether oxygens (including phenoxy) is 1. The number of nitrogens with two attached hydrogens (primary N) is 1. The van der Waals surface area contributed by atoms with Gasteiger partial charge >= 0.3 is 6.09 Å². The van der Waals surface area contributed by atoms with Crippen molar-refractivity contribution in [2.45, 2.75) is 96.6 Å². The highest BCUT2D eigenvalue weighted by molar-refractivity contribution is 6.74. The van der Waals surface area contributed by atoms with Crippen molar-refractivity contribution < 1.29 is 23.5 Å². The molecule has 0 unspecified atom stereocenters. The molecule has 3 amide bonds. The zero-order chi connectivity index (χ0) is 27.8. The Morgan fingerprint density at radius 1 is 1.19 bits per heavy atom. The summed E-state index contributed by atoms with van der Waals surface area (Å²) >= 11 is 0. The van der Waals surface area contributed by atoms with Gasteiger partial charge in [0.05, 0.1) is 0 Å². The molecule has 204 valence electrons. The van der Waals surface area contributed by atoms with Crippen molar-refractivity contribution in [3.8, 4) is 5.75 Å². The lowest BCUT2D eigenvalue weighted by molar-refractivity contribution is -0.139. The van der Waals surface area contributed by atoms with Crippen LogP contribution < -0.4 is 15.5 Å². The summed E-state index contributed by atoms with van der Waals surface area (Å²) in [4.78, 5) is 43.0. The first-order valence-electron chi connectivity index (χ1n) is 12.9. The molecule has 3 rings (SSSR count). The van der Waals surface area contributed by atoms with Gasteiger partial charge in [0.2, 0.25) is 20.1 Å². The number of carbonyl (C=O) groups excluding carboxylic acids is 3. The van der Waals surface area contributed by atoms with Crippen LogP contribution in [0.15, 0.2) is 24.4 Å². The van der Waals surface area contributed by atoms with Gasteiger partial charge in [0, 0.05) is 30.1 Å². The molecule has 0 radical (unpaired) electrons. The highest BCUT2D eigenvalue weighted by Gasteiger charge is 2.39. The Labute approximate surface area is 220 Å². The van der Waals surface area contributed by atoms with E-state index in [1.54, 1.807) is 20.8 Å². The first-order valence-corrected chi connectivity index (χ1v) is 15.8. The lowest BCUT2D eigenvalue weighted by Crippen LogP contribution is -2.54. The minimum atomic E-state index is -2.05. The van der Waals surface area contributed by atoms with E-state index in [0.717, 1.165) is 22.2 Å². The smallest absolute Gasteiger partial charge is 0.408 e. The van der Waals surface area contributed by atoms with E-state index < -0.39 is 38.0 Å². The number of nitrogens with one attached hydrogen (secondary N) is 2. The second-order valence-electron chi connectivity index (χ2n) is 12.4. The van der Waals surface area contributed by atoms with E-state index in [1.165, 1.54) is 4.90 Å². The van der Waals surface area contributed by atoms with E-state index in [9.17, 15) is 14.4 Å². The number of aromatic amines is 1. The fraction of sp³-hybridized carbons (Fsp3) is 0.593. The maximum absolute atomic E-state index is 13.6. The number of alkyl carbamates (subject to hydrolysis) is 1. The van der Waals surface area contributed by atoms with E-state index >= 15 is 0 Å². The molecule has 0 saturated carbocycles. The highest BCUT2D eigenvalue weighted by atomic mass is 28.4. The van der Waals surface area contributed by atoms with Gasteiger partial charge in [0.15, 0.2) is 0 Å². The van der Waals surface area contributed by atoms with Crippen molar-refractivity contribution in [1.82, 2.24) is 15.2 Å². The zero-order valence-corrected chi connectivity index (χ0v) is 24.4. The molecule has 10 heteroatoms. The van der Waals surface area contributed by atoms with Crippen molar-refractivity contribution in [3.63, 3.8) is 0 Å². The quantitative estimate of drug-likeness (QED) is 0.456. The van der Waals surface area contributed by atoms with E-state index in [-0.39, 0.29) is 17.4 Å². The fourth-order valence-electron chi connectivity index (χ4n) is 4.23. The average Bonchev–Trinajstić information content (AvgIpc) is 3.38. The topological polar surface area (TPSA) is 127 Å². The predicted molar refractivity (Wildman–Crippen MR) is 147 cm³/mol. The minimum absolute atomic E-state index is 0.0461. The Kier molecular flexibility index (Phi) is 8.02. The van der Waals surface area contributed by atoms with Crippen molar-refractivity contribution >= 4 is 37.1 Å². The van der Waals surface area contributed by atoms with Gasteiger partial charge < -0.3 is 30.1 Å². The van der Waals surface area contributed by atoms with Crippen molar-refractivity contribution in [2.75, 3.05) is 6.54 Å². The number of fused-ring (bicyclic) bond motifs is 1. The number of likely N-dealkylation sites (tertiary alicyclic amines) is 1. The number of benzene rings is 1. The summed E-state index contributed by atoms with van der Waals surface area (Å²) in [6.45, 7) is 16.7. The summed E-state index contributed by atoms with van der Waals surface area (Å²) in [7, 11) is -2.05. The van der Waals surface area contributed by atoms with Gasteiger partial charge in [-0.25, -0.2) is 4.79 Å². The van der Waals surface area contributed by atoms with Crippen LogP contribution in [0.4, 0.5) is 4.79 Å². The molecule has 0 spiro atoms.